The van der Waals surface area contributed by atoms with Crippen LogP contribution >= 0.6 is 0 Å². The molecule has 0 saturated carbocycles. The van der Waals surface area contributed by atoms with Crippen LogP contribution in [0.5, 0.6) is 0 Å². The minimum Gasteiger partial charge on any atom is -0.329 e. The Balaban J connectivity index is 2.21. The number of nitrogens with one attached hydrogen (secondary N) is 1. The van der Waals surface area contributed by atoms with Gasteiger partial charge >= 0.3 is 0 Å². The van der Waals surface area contributed by atoms with Crippen LogP contribution in [-0.2, 0) is 6.54 Å². The van der Waals surface area contributed by atoms with Gasteiger partial charge in [0.15, 0.2) is 5.69 Å². The first-order chi connectivity index (χ1) is 7.70. The molecule has 0 unspecified atom stereocenters. The second kappa shape index (κ2) is 4.40. The van der Waals surface area contributed by atoms with E-state index in [4.69, 9.17) is 5.73 Å². The lowest BCUT2D eigenvalue weighted by Gasteiger charge is -1.94. The lowest BCUT2D eigenvalue weighted by atomic mass is 10.2. The number of nitrogens with zero attached hydrogens (tertiary/aromatic N) is 5. The highest BCUT2D eigenvalue weighted by Gasteiger charge is 2.11. The summed E-state index contributed by atoms with van der Waals surface area (Å²) in [6.07, 6.45) is 1.79. The molecule has 0 aliphatic carbocycles. The van der Waals surface area contributed by atoms with E-state index < -0.39 is 0 Å². The van der Waals surface area contributed by atoms with Gasteiger partial charge in [-0.3, -0.25) is 9.78 Å². The molecule has 86 valence electrons. The second-order valence-corrected chi connectivity index (χ2v) is 3.85. The number of nitrogens with two attached hydrogens (primary N) is 1. The topological polar surface area (TPSA) is 98.3 Å². The highest BCUT2D eigenvalue weighted by atomic mass is 15.4. The molecule has 0 saturated heterocycles. The number of hydrogen-bond acceptors (Lipinski definition) is 5. The summed E-state index contributed by atoms with van der Waals surface area (Å²) in [4.78, 5) is 4.34. The standard InChI is InChI=1S/C9H15N7/c1-6(2)8-11-9(14-13-8)7-5-16(4-3-10)15-12-7/h5-6H,3-4,10H2,1-2H3,(H,11,13,14). The summed E-state index contributed by atoms with van der Waals surface area (Å²) in [5.74, 6) is 1.75. The number of aromatic nitrogens is 6. The highest BCUT2D eigenvalue weighted by Crippen LogP contribution is 2.14. The van der Waals surface area contributed by atoms with Gasteiger partial charge in [-0.15, -0.1) is 5.10 Å². The van der Waals surface area contributed by atoms with Gasteiger partial charge in [-0.05, 0) is 0 Å². The quantitative estimate of drug-likeness (QED) is 0.765. The average molecular weight is 221 g/mol. The largest absolute Gasteiger partial charge is 0.329 e. The van der Waals surface area contributed by atoms with Crippen LogP contribution in [0.4, 0.5) is 0 Å². The van der Waals surface area contributed by atoms with Crippen molar-refractivity contribution in [3.63, 3.8) is 0 Å². The molecule has 7 nitrogen and oxygen atoms in total. The summed E-state index contributed by atoms with van der Waals surface area (Å²) < 4.78 is 1.68. The molecule has 16 heavy (non-hydrogen) atoms. The minimum atomic E-state index is 0.320. The van der Waals surface area contributed by atoms with Crippen LogP contribution < -0.4 is 5.73 Å². The second-order valence-electron chi connectivity index (χ2n) is 3.85. The molecule has 2 rings (SSSR count). The summed E-state index contributed by atoms with van der Waals surface area (Å²) in [5.41, 5.74) is 6.09. The Labute approximate surface area is 93.1 Å². The summed E-state index contributed by atoms with van der Waals surface area (Å²) in [5, 5.41) is 14.9. The molecule has 0 aliphatic rings. The molecule has 0 aliphatic heterocycles. The zero-order valence-electron chi connectivity index (χ0n) is 9.38. The molecule has 0 fully saturated rings. The zero-order chi connectivity index (χ0) is 11.5. The Morgan fingerprint density at radius 1 is 1.50 bits per heavy atom. The fourth-order valence-electron chi connectivity index (χ4n) is 1.29. The minimum absolute atomic E-state index is 0.320. The third-order valence-corrected chi connectivity index (χ3v) is 2.18. The van der Waals surface area contributed by atoms with E-state index in [0.717, 1.165) is 5.82 Å². The van der Waals surface area contributed by atoms with Gasteiger partial charge in [0.05, 0.1) is 12.7 Å². The monoisotopic (exact) mass is 221 g/mol. The van der Waals surface area contributed by atoms with Crippen LogP contribution in [-0.4, -0.2) is 36.7 Å². The lowest BCUT2D eigenvalue weighted by molar-refractivity contribution is 0.598. The average Bonchev–Trinajstić information content (AvgIpc) is 2.84. The molecular weight excluding hydrogens is 206 g/mol. The van der Waals surface area contributed by atoms with Gasteiger partial charge in [0.25, 0.3) is 0 Å². The van der Waals surface area contributed by atoms with E-state index in [2.05, 4.69) is 39.3 Å². The first-order valence-electron chi connectivity index (χ1n) is 5.23. The van der Waals surface area contributed by atoms with Gasteiger partial charge < -0.3 is 5.73 Å². The fraction of sp³-hybridized carbons (Fsp3) is 0.556. The van der Waals surface area contributed by atoms with Crippen LogP contribution in [0.15, 0.2) is 6.20 Å². The molecule has 0 spiro atoms. The van der Waals surface area contributed by atoms with E-state index in [0.29, 0.717) is 30.5 Å². The molecule has 0 radical (unpaired) electrons. The van der Waals surface area contributed by atoms with Gasteiger partial charge in [-0.1, -0.05) is 19.1 Å². The molecular formula is C9H15N7. The first kappa shape index (κ1) is 10.7. The van der Waals surface area contributed by atoms with Crippen LogP contribution in [0.1, 0.15) is 25.6 Å². The van der Waals surface area contributed by atoms with E-state index in [1.807, 2.05) is 0 Å². The third kappa shape index (κ3) is 2.08. The first-order valence-corrected chi connectivity index (χ1v) is 5.23. The molecule has 2 aromatic rings. The highest BCUT2D eigenvalue weighted by molar-refractivity contribution is 5.45. The number of rotatable bonds is 4. The van der Waals surface area contributed by atoms with Gasteiger partial charge in [0.2, 0.25) is 5.82 Å². The van der Waals surface area contributed by atoms with Crippen molar-refractivity contribution >= 4 is 0 Å². The predicted molar refractivity (Wildman–Crippen MR) is 58.5 cm³/mol. The Kier molecular flexibility index (Phi) is 2.95. The van der Waals surface area contributed by atoms with Crippen molar-refractivity contribution in [1.29, 1.82) is 0 Å². The fourth-order valence-corrected chi connectivity index (χ4v) is 1.29. The van der Waals surface area contributed by atoms with Crippen molar-refractivity contribution in [2.45, 2.75) is 26.3 Å². The van der Waals surface area contributed by atoms with Crippen molar-refractivity contribution in [2.24, 2.45) is 5.73 Å². The molecule has 3 N–H and O–H groups in total. The van der Waals surface area contributed by atoms with Crippen molar-refractivity contribution in [3.8, 4) is 11.5 Å². The van der Waals surface area contributed by atoms with Crippen LogP contribution in [0.25, 0.3) is 11.5 Å². The van der Waals surface area contributed by atoms with E-state index in [9.17, 15) is 0 Å². The van der Waals surface area contributed by atoms with Gasteiger partial charge in [0, 0.05) is 12.5 Å². The van der Waals surface area contributed by atoms with Gasteiger partial charge in [-0.25, -0.2) is 4.98 Å². The zero-order valence-corrected chi connectivity index (χ0v) is 9.38. The lowest BCUT2D eigenvalue weighted by Crippen LogP contribution is -2.10. The van der Waals surface area contributed by atoms with Gasteiger partial charge in [0.1, 0.15) is 5.82 Å². The molecule has 0 amide bonds. The van der Waals surface area contributed by atoms with E-state index in [-0.39, 0.29) is 0 Å². The van der Waals surface area contributed by atoms with Gasteiger partial charge in [-0.2, -0.15) is 5.10 Å². The summed E-state index contributed by atoms with van der Waals surface area (Å²) in [7, 11) is 0. The van der Waals surface area contributed by atoms with E-state index in [1.54, 1.807) is 10.9 Å². The Bertz CT molecular complexity index is 456. The van der Waals surface area contributed by atoms with Crippen LogP contribution in [0, 0.1) is 0 Å². The Morgan fingerprint density at radius 2 is 2.31 bits per heavy atom. The maximum atomic E-state index is 5.43. The smallest absolute Gasteiger partial charge is 0.203 e. The van der Waals surface area contributed by atoms with Crippen molar-refractivity contribution in [2.75, 3.05) is 6.54 Å². The summed E-state index contributed by atoms with van der Waals surface area (Å²) in [6.45, 7) is 5.29. The third-order valence-electron chi connectivity index (χ3n) is 2.18. The number of aromatic amines is 1. The van der Waals surface area contributed by atoms with Crippen molar-refractivity contribution < 1.29 is 0 Å². The number of hydrogen-bond donors (Lipinski definition) is 2. The summed E-state index contributed by atoms with van der Waals surface area (Å²) in [6, 6.07) is 0. The molecule has 2 heterocycles. The molecule has 0 bridgehead atoms. The predicted octanol–water partition coefficient (Wildman–Crippen LogP) is 0.145. The molecule has 0 aromatic carbocycles. The Morgan fingerprint density at radius 3 is 2.94 bits per heavy atom. The molecule has 7 heteroatoms. The van der Waals surface area contributed by atoms with Crippen LogP contribution in [0.2, 0.25) is 0 Å². The Hall–Kier alpha value is -1.76. The van der Waals surface area contributed by atoms with Crippen molar-refractivity contribution in [1.82, 2.24) is 30.2 Å². The molecule has 0 atom stereocenters. The molecule has 2 aromatic heterocycles. The van der Waals surface area contributed by atoms with E-state index in [1.165, 1.54) is 0 Å². The maximum Gasteiger partial charge on any atom is 0.203 e. The normalized spacial score (nSPS) is 11.2. The van der Waals surface area contributed by atoms with Crippen LogP contribution in [0.3, 0.4) is 0 Å². The number of H-pyrrole nitrogens is 1. The maximum absolute atomic E-state index is 5.43. The van der Waals surface area contributed by atoms with E-state index >= 15 is 0 Å². The SMILES string of the molecule is CC(C)c1nc(-c2cn(CCN)nn2)n[nH]1. The summed E-state index contributed by atoms with van der Waals surface area (Å²) >= 11 is 0. The van der Waals surface area contributed by atoms with Crippen molar-refractivity contribution in [3.05, 3.63) is 12.0 Å².